The van der Waals surface area contributed by atoms with Gasteiger partial charge < -0.3 is 15.0 Å². The predicted molar refractivity (Wildman–Crippen MR) is 115 cm³/mol. The van der Waals surface area contributed by atoms with Crippen molar-refractivity contribution in [3.05, 3.63) is 17.0 Å². The average Bonchev–Trinajstić information content (AvgIpc) is 3.21. The number of piperidine rings is 1. The molecule has 2 fully saturated rings. The van der Waals surface area contributed by atoms with Crippen molar-refractivity contribution in [2.24, 2.45) is 11.3 Å². The number of rotatable bonds is 5. The van der Waals surface area contributed by atoms with E-state index in [1.165, 1.54) is 15.6 Å². The first-order chi connectivity index (χ1) is 14.1. The van der Waals surface area contributed by atoms with E-state index >= 15 is 0 Å². The Kier molecular flexibility index (Phi) is 7.21. The van der Waals surface area contributed by atoms with Crippen LogP contribution < -0.4 is 5.32 Å². The Morgan fingerprint density at radius 1 is 1.13 bits per heavy atom. The monoisotopic (exact) mass is 457 g/mol. The Bertz CT molecular complexity index is 861. The minimum absolute atomic E-state index is 0.0381. The standard InChI is InChI=1S/C20H31N3O5S2/c1-20(2,3)19(25)22-8-6-15(7-9-22)18(24)21-14-16-4-5-17(29-16)30(26,27)23-10-12-28-13-11-23/h4-5,15H,6-14H2,1-3H3,(H,21,24). The lowest BCUT2D eigenvalue weighted by Crippen LogP contribution is -2.46. The number of likely N-dealkylation sites (tertiary alicyclic amines) is 1. The maximum Gasteiger partial charge on any atom is 0.252 e. The summed E-state index contributed by atoms with van der Waals surface area (Å²) in [7, 11) is -3.50. The van der Waals surface area contributed by atoms with Gasteiger partial charge in [-0.3, -0.25) is 9.59 Å². The van der Waals surface area contributed by atoms with E-state index in [9.17, 15) is 18.0 Å². The number of sulfonamides is 1. The summed E-state index contributed by atoms with van der Waals surface area (Å²) in [6, 6.07) is 3.36. The van der Waals surface area contributed by atoms with E-state index in [2.05, 4.69) is 5.32 Å². The van der Waals surface area contributed by atoms with Crippen molar-refractivity contribution >= 4 is 33.2 Å². The van der Waals surface area contributed by atoms with Gasteiger partial charge in [-0.2, -0.15) is 4.31 Å². The fourth-order valence-corrected chi connectivity index (χ4v) is 6.50. The molecule has 0 spiro atoms. The van der Waals surface area contributed by atoms with Crippen molar-refractivity contribution in [2.45, 2.75) is 44.4 Å². The summed E-state index contributed by atoms with van der Waals surface area (Å²) in [6.45, 7) is 8.76. The van der Waals surface area contributed by atoms with Crippen LogP contribution in [0.3, 0.4) is 0 Å². The zero-order valence-electron chi connectivity index (χ0n) is 17.8. The van der Waals surface area contributed by atoms with E-state index < -0.39 is 15.4 Å². The normalized spacial score (nSPS) is 19.6. The molecule has 0 aliphatic carbocycles. The molecule has 2 aliphatic rings. The topological polar surface area (TPSA) is 96.0 Å². The molecule has 0 atom stereocenters. The van der Waals surface area contributed by atoms with Gasteiger partial charge in [-0.1, -0.05) is 20.8 Å². The molecule has 10 heteroatoms. The highest BCUT2D eigenvalue weighted by Crippen LogP contribution is 2.26. The third-order valence-corrected chi connectivity index (χ3v) is 8.88. The summed E-state index contributed by atoms with van der Waals surface area (Å²) < 4.78 is 32.4. The van der Waals surface area contributed by atoms with Gasteiger partial charge in [0.1, 0.15) is 4.21 Å². The number of amides is 2. The number of ether oxygens (including phenoxy) is 1. The largest absolute Gasteiger partial charge is 0.379 e. The number of thiophene rings is 1. The van der Waals surface area contributed by atoms with Crippen LogP contribution in [0.1, 0.15) is 38.5 Å². The summed E-state index contributed by atoms with van der Waals surface area (Å²) in [6.07, 6.45) is 1.30. The summed E-state index contributed by atoms with van der Waals surface area (Å²) in [5.41, 5.74) is -0.409. The highest BCUT2D eigenvalue weighted by atomic mass is 32.2. The summed E-state index contributed by atoms with van der Waals surface area (Å²) in [5.74, 6) is -0.0386. The van der Waals surface area contributed by atoms with E-state index in [0.29, 0.717) is 63.0 Å². The molecular weight excluding hydrogens is 426 g/mol. The van der Waals surface area contributed by atoms with E-state index in [1.807, 2.05) is 25.7 Å². The molecule has 2 amide bonds. The number of morpholine rings is 1. The highest BCUT2D eigenvalue weighted by Gasteiger charge is 2.32. The van der Waals surface area contributed by atoms with Crippen LogP contribution >= 0.6 is 11.3 Å². The van der Waals surface area contributed by atoms with Crippen molar-refractivity contribution in [3.63, 3.8) is 0 Å². The van der Waals surface area contributed by atoms with Crippen LogP contribution in [0.4, 0.5) is 0 Å². The van der Waals surface area contributed by atoms with Crippen LogP contribution in [0.25, 0.3) is 0 Å². The number of carbonyl (C=O) groups is 2. The Labute approximate surface area is 182 Å². The van der Waals surface area contributed by atoms with Crippen molar-refractivity contribution in [1.82, 2.24) is 14.5 Å². The zero-order chi connectivity index (χ0) is 21.9. The van der Waals surface area contributed by atoms with Crippen LogP contribution in [0, 0.1) is 11.3 Å². The molecule has 0 bridgehead atoms. The minimum atomic E-state index is -3.50. The quantitative estimate of drug-likeness (QED) is 0.726. The fraction of sp³-hybridized carbons (Fsp3) is 0.700. The first-order valence-corrected chi connectivity index (χ1v) is 12.6. The molecule has 0 saturated carbocycles. The third-order valence-electron chi connectivity index (χ3n) is 5.43. The SMILES string of the molecule is CC(C)(C)C(=O)N1CCC(C(=O)NCc2ccc(S(=O)(=O)N3CCOCC3)s2)CC1. The van der Waals surface area contributed by atoms with Gasteiger partial charge in [0.2, 0.25) is 11.8 Å². The van der Waals surface area contributed by atoms with Gasteiger partial charge in [0, 0.05) is 42.4 Å². The first-order valence-electron chi connectivity index (χ1n) is 10.3. The molecule has 30 heavy (non-hydrogen) atoms. The van der Waals surface area contributed by atoms with E-state index in [1.54, 1.807) is 12.1 Å². The van der Waals surface area contributed by atoms with Crippen molar-refractivity contribution in [3.8, 4) is 0 Å². The molecule has 1 N–H and O–H groups in total. The number of nitrogens with one attached hydrogen (secondary N) is 1. The van der Waals surface area contributed by atoms with Gasteiger partial charge in [0.05, 0.1) is 19.8 Å². The van der Waals surface area contributed by atoms with Gasteiger partial charge in [-0.25, -0.2) is 8.42 Å². The van der Waals surface area contributed by atoms with Gasteiger partial charge >= 0.3 is 0 Å². The van der Waals surface area contributed by atoms with Crippen LogP contribution in [-0.4, -0.2) is 68.8 Å². The molecule has 8 nitrogen and oxygen atoms in total. The third kappa shape index (κ3) is 5.40. The highest BCUT2D eigenvalue weighted by molar-refractivity contribution is 7.91. The van der Waals surface area contributed by atoms with Gasteiger partial charge in [-0.05, 0) is 25.0 Å². The van der Waals surface area contributed by atoms with Crippen molar-refractivity contribution < 1.29 is 22.7 Å². The van der Waals surface area contributed by atoms with Crippen LogP contribution in [0.15, 0.2) is 16.3 Å². The molecule has 2 saturated heterocycles. The van der Waals surface area contributed by atoms with Gasteiger partial charge in [0.25, 0.3) is 10.0 Å². The molecule has 1 aromatic rings. The van der Waals surface area contributed by atoms with Crippen LogP contribution in [0.2, 0.25) is 0 Å². The van der Waals surface area contributed by atoms with E-state index in [-0.39, 0.29) is 17.7 Å². The molecule has 3 heterocycles. The molecule has 0 aromatic carbocycles. The smallest absolute Gasteiger partial charge is 0.252 e. The number of hydrogen-bond acceptors (Lipinski definition) is 6. The van der Waals surface area contributed by atoms with Crippen LogP contribution in [0.5, 0.6) is 0 Å². The van der Waals surface area contributed by atoms with Crippen molar-refractivity contribution in [2.75, 3.05) is 39.4 Å². The molecule has 3 rings (SSSR count). The minimum Gasteiger partial charge on any atom is -0.379 e. The Balaban J connectivity index is 1.50. The Morgan fingerprint density at radius 3 is 2.37 bits per heavy atom. The lowest BCUT2D eigenvalue weighted by Gasteiger charge is -2.35. The predicted octanol–water partition coefficient (Wildman–Crippen LogP) is 1.67. The fourth-order valence-electron chi connectivity index (χ4n) is 3.64. The molecule has 0 unspecified atom stereocenters. The lowest BCUT2D eigenvalue weighted by atomic mass is 9.90. The molecule has 1 aromatic heterocycles. The molecule has 0 radical (unpaired) electrons. The second-order valence-corrected chi connectivity index (χ2v) is 12.1. The summed E-state index contributed by atoms with van der Waals surface area (Å²) in [4.78, 5) is 27.6. The second-order valence-electron chi connectivity index (χ2n) is 8.77. The summed E-state index contributed by atoms with van der Waals surface area (Å²) in [5, 5.41) is 2.93. The number of carbonyl (C=O) groups excluding carboxylic acids is 2. The zero-order valence-corrected chi connectivity index (χ0v) is 19.5. The average molecular weight is 458 g/mol. The molecule has 2 aliphatic heterocycles. The van der Waals surface area contributed by atoms with E-state index in [4.69, 9.17) is 4.74 Å². The number of hydrogen-bond donors (Lipinski definition) is 1. The Morgan fingerprint density at radius 2 is 1.77 bits per heavy atom. The molecular formula is C20H31N3O5S2. The first kappa shape index (κ1) is 23.2. The second kappa shape index (κ2) is 9.33. The maximum atomic E-state index is 12.7. The van der Waals surface area contributed by atoms with Gasteiger partial charge in [-0.15, -0.1) is 11.3 Å². The van der Waals surface area contributed by atoms with E-state index in [0.717, 1.165) is 4.88 Å². The molecule has 168 valence electrons. The van der Waals surface area contributed by atoms with Gasteiger partial charge in [0.15, 0.2) is 0 Å². The lowest BCUT2D eigenvalue weighted by molar-refractivity contribution is -0.142. The van der Waals surface area contributed by atoms with Crippen LogP contribution in [-0.2, 0) is 30.9 Å². The number of nitrogens with zero attached hydrogens (tertiary/aromatic N) is 2. The van der Waals surface area contributed by atoms with Crippen molar-refractivity contribution in [1.29, 1.82) is 0 Å². The Hall–Kier alpha value is -1.49. The maximum absolute atomic E-state index is 12.7. The summed E-state index contributed by atoms with van der Waals surface area (Å²) >= 11 is 1.19.